The molecule has 2 aromatic carbocycles. The fourth-order valence-corrected chi connectivity index (χ4v) is 3.08. The minimum atomic E-state index is -0.555. The van der Waals surface area contributed by atoms with Crippen LogP contribution in [0, 0.1) is 5.92 Å². The van der Waals surface area contributed by atoms with Crippen LogP contribution in [0.4, 0.5) is 0 Å². The SMILES string of the molecule is C=C[C@@H](CSc1ccccc1)[C@@H](O)c1ccc(Cl)cc1. The van der Waals surface area contributed by atoms with Crippen LogP contribution in [0.3, 0.4) is 0 Å². The Labute approximate surface area is 129 Å². The standard InChI is InChI=1S/C17H17ClOS/c1-2-13(12-20-16-6-4-3-5-7-16)17(19)14-8-10-15(18)11-9-14/h2-11,13,17,19H,1,12H2/t13-,17+/m0/s1. The molecular weight excluding hydrogens is 288 g/mol. The topological polar surface area (TPSA) is 20.2 Å². The van der Waals surface area contributed by atoms with Crippen molar-refractivity contribution in [2.75, 3.05) is 5.75 Å². The zero-order valence-corrected chi connectivity index (χ0v) is 12.6. The third-order valence-electron chi connectivity index (χ3n) is 3.11. The van der Waals surface area contributed by atoms with Crippen LogP contribution in [0.15, 0.2) is 72.1 Å². The van der Waals surface area contributed by atoms with Gasteiger partial charge in [0.2, 0.25) is 0 Å². The van der Waals surface area contributed by atoms with E-state index in [1.54, 1.807) is 23.9 Å². The van der Waals surface area contributed by atoms with Crippen LogP contribution in [0.2, 0.25) is 5.02 Å². The molecule has 20 heavy (non-hydrogen) atoms. The van der Waals surface area contributed by atoms with Crippen molar-refractivity contribution in [3.63, 3.8) is 0 Å². The van der Waals surface area contributed by atoms with E-state index >= 15 is 0 Å². The highest BCUT2D eigenvalue weighted by atomic mass is 35.5. The van der Waals surface area contributed by atoms with Crippen LogP contribution in [0.25, 0.3) is 0 Å². The lowest BCUT2D eigenvalue weighted by atomic mass is 9.97. The Morgan fingerprint density at radius 1 is 1.10 bits per heavy atom. The summed E-state index contributed by atoms with van der Waals surface area (Å²) in [5, 5.41) is 11.1. The van der Waals surface area contributed by atoms with Gasteiger partial charge >= 0.3 is 0 Å². The van der Waals surface area contributed by atoms with Gasteiger partial charge in [0.15, 0.2) is 0 Å². The summed E-state index contributed by atoms with van der Waals surface area (Å²) in [7, 11) is 0. The van der Waals surface area contributed by atoms with E-state index in [1.807, 2.05) is 36.4 Å². The number of aliphatic hydroxyl groups is 1. The Kier molecular flexibility index (Phi) is 5.72. The minimum Gasteiger partial charge on any atom is -0.388 e. The summed E-state index contributed by atoms with van der Waals surface area (Å²) in [6, 6.07) is 17.5. The van der Waals surface area contributed by atoms with E-state index in [0.717, 1.165) is 11.3 Å². The first-order valence-electron chi connectivity index (χ1n) is 6.44. The van der Waals surface area contributed by atoms with Gasteiger partial charge in [0, 0.05) is 21.6 Å². The van der Waals surface area contributed by atoms with Crippen molar-refractivity contribution in [3.8, 4) is 0 Å². The number of halogens is 1. The molecule has 0 unspecified atom stereocenters. The number of aliphatic hydroxyl groups excluding tert-OH is 1. The van der Waals surface area contributed by atoms with Gasteiger partial charge in [-0.05, 0) is 29.8 Å². The Morgan fingerprint density at radius 2 is 1.75 bits per heavy atom. The van der Waals surface area contributed by atoms with Crippen molar-refractivity contribution in [3.05, 3.63) is 77.8 Å². The third kappa shape index (κ3) is 4.14. The third-order valence-corrected chi connectivity index (χ3v) is 4.51. The van der Waals surface area contributed by atoms with E-state index < -0.39 is 6.10 Å². The highest BCUT2D eigenvalue weighted by molar-refractivity contribution is 7.99. The van der Waals surface area contributed by atoms with E-state index in [4.69, 9.17) is 11.6 Å². The molecule has 1 nitrogen and oxygen atoms in total. The average molecular weight is 305 g/mol. The maximum absolute atomic E-state index is 10.4. The Balaban J connectivity index is 2.00. The predicted octanol–water partition coefficient (Wildman–Crippen LogP) is 4.97. The second-order valence-corrected chi connectivity index (χ2v) is 6.05. The molecule has 0 fully saturated rings. The summed E-state index contributed by atoms with van der Waals surface area (Å²) in [5.74, 6) is 0.790. The normalized spacial score (nSPS) is 13.7. The Hall–Kier alpha value is -1.22. The average Bonchev–Trinajstić information content (AvgIpc) is 2.49. The summed E-state index contributed by atoms with van der Waals surface area (Å²) in [5.41, 5.74) is 0.868. The van der Waals surface area contributed by atoms with Gasteiger partial charge in [0.05, 0.1) is 6.10 Å². The van der Waals surface area contributed by atoms with Gasteiger partial charge in [-0.15, -0.1) is 18.3 Å². The van der Waals surface area contributed by atoms with Crippen LogP contribution in [-0.4, -0.2) is 10.9 Å². The number of hydrogen-bond acceptors (Lipinski definition) is 2. The quantitative estimate of drug-likeness (QED) is 0.601. The van der Waals surface area contributed by atoms with Crippen molar-refractivity contribution in [2.45, 2.75) is 11.0 Å². The number of benzene rings is 2. The van der Waals surface area contributed by atoms with Crippen molar-refractivity contribution in [2.24, 2.45) is 5.92 Å². The van der Waals surface area contributed by atoms with E-state index in [9.17, 15) is 5.11 Å². The molecule has 104 valence electrons. The highest BCUT2D eigenvalue weighted by Crippen LogP contribution is 2.29. The summed E-state index contributed by atoms with van der Waals surface area (Å²) in [6.45, 7) is 3.84. The molecule has 0 bridgehead atoms. The molecular formula is C17H17ClOS. The summed E-state index contributed by atoms with van der Waals surface area (Å²) in [4.78, 5) is 1.20. The van der Waals surface area contributed by atoms with Gasteiger partial charge in [-0.3, -0.25) is 0 Å². The zero-order valence-electron chi connectivity index (χ0n) is 11.1. The molecule has 2 atom stereocenters. The first-order valence-corrected chi connectivity index (χ1v) is 7.81. The van der Waals surface area contributed by atoms with E-state index in [-0.39, 0.29) is 5.92 Å². The summed E-state index contributed by atoms with van der Waals surface area (Å²) in [6.07, 6.45) is 1.26. The van der Waals surface area contributed by atoms with Gasteiger partial charge in [0.25, 0.3) is 0 Å². The van der Waals surface area contributed by atoms with Gasteiger partial charge in [-0.1, -0.05) is 48.0 Å². The molecule has 2 aromatic rings. The Morgan fingerprint density at radius 3 is 2.35 bits per heavy atom. The molecule has 0 aliphatic carbocycles. The molecule has 0 aromatic heterocycles. The van der Waals surface area contributed by atoms with E-state index in [2.05, 4.69) is 18.7 Å². The van der Waals surface area contributed by atoms with E-state index in [0.29, 0.717) is 5.02 Å². The first-order chi connectivity index (χ1) is 9.70. The van der Waals surface area contributed by atoms with Crippen molar-refractivity contribution in [1.82, 2.24) is 0 Å². The number of rotatable bonds is 6. The Bertz CT molecular complexity index is 539. The van der Waals surface area contributed by atoms with Crippen LogP contribution < -0.4 is 0 Å². The van der Waals surface area contributed by atoms with Gasteiger partial charge in [-0.2, -0.15) is 0 Å². The molecule has 0 radical (unpaired) electrons. The van der Waals surface area contributed by atoms with Gasteiger partial charge < -0.3 is 5.11 Å². The zero-order chi connectivity index (χ0) is 14.4. The van der Waals surface area contributed by atoms with Crippen LogP contribution >= 0.6 is 23.4 Å². The molecule has 0 aliphatic heterocycles. The van der Waals surface area contributed by atoms with Crippen LogP contribution in [0.1, 0.15) is 11.7 Å². The molecule has 0 saturated carbocycles. The fourth-order valence-electron chi connectivity index (χ4n) is 1.90. The highest BCUT2D eigenvalue weighted by Gasteiger charge is 2.18. The molecule has 0 amide bonds. The van der Waals surface area contributed by atoms with Gasteiger partial charge in [-0.25, -0.2) is 0 Å². The van der Waals surface area contributed by atoms with Crippen LogP contribution in [-0.2, 0) is 0 Å². The van der Waals surface area contributed by atoms with Crippen molar-refractivity contribution in [1.29, 1.82) is 0 Å². The molecule has 0 saturated heterocycles. The molecule has 0 spiro atoms. The molecule has 0 aliphatic rings. The largest absolute Gasteiger partial charge is 0.388 e. The maximum atomic E-state index is 10.4. The number of hydrogen-bond donors (Lipinski definition) is 1. The summed E-state index contributed by atoms with van der Waals surface area (Å²) < 4.78 is 0. The molecule has 2 rings (SSSR count). The van der Waals surface area contributed by atoms with Crippen molar-refractivity contribution >= 4 is 23.4 Å². The maximum Gasteiger partial charge on any atom is 0.0860 e. The molecule has 1 N–H and O–H groups in total. The molecule has 0 heterocycles. The van der Waals surface area contributed by atoms with Gasteiger partial charge in [0.1, 0.15) is 0 Å². The lowest BCUT2D eigenvalue weighted by molar-refractivity contribution is 0.142. The van der Waals surface area contributed by atoms with E-state index in [1.165, 1.54) is 4.90 Å². The van der Waals surface area contributed by atoms with Crippen LogP contribution in [0.5, 0.6) is 0 Å². The second kappa shape index (κ2) is 7.53. The lowest BCUT2D eigenvalue weighted by Crippen LogP contribution is -2.12. The lowest BCUT2D eigenvalue weighted by Gasteiger charge is -2.19. The summed E-state index contributed by atoms with van der Waals surface area (Å²) >= 11 is 7.59. The monoisotopic (exact) mass is 304 g/mol. The fraction of sp³-hybridized carbons (Fsp3) is 0.176. The second-order valence-electron chi connectivity index (χ2n) is 4.52. The minimum absolute atomic E-state index is 0.00128. The smallest absolute Gasteiger partial charge is 0.0860 e. The van der Waals surface area contributed by atoms with Crippen molar-refractivity contribution < 1.29 is 5.11 Å². The number of thioether (sulfide) groups is 1. The molecule has 3 heteroatoms. The predicted molar refractivity (Wildman–Crippen MR) is 87.3 cm³/mol. The first kappa shape index (κ1) is 15.2.